The molecule has 0 amide bonds. The Bertz CT molecular complexity index is 699. The monoisotopic (exact) mass is 331 g/mol. The molecular formula is C18H29N5O. The van der Waals surface area contributed by atoms with Crippen molar-refractivity contribution in [1.82, 2.24) is 25.1 Å². The maximum Gasteiger partial charge on any atom is 0.276 e. The molecule has 24 heavy (non-hydrogen) atoms. The molecule has 0 unspecified atom stereocenters. The van der Waals surface area contributed by atoms with Gasteiger partial charge in [0.15, 0.2) is 0 Å². The van der Waals surface area contributed by atoms with Crippen LogP contribution in [0.1, 0.15) is 63.4 Å². The topological polar surface area (TPSA) is 77.7 Å². The normalized spacial score (nSPS) is 15.5. The number of hydrogen-bond donors (Lipinski definition) is 2. The predicted molar refractivity (Wildman–Crippen MR) is 96.4 cm³/mol. The van der Waals surface area contributed by atoms with Crippen molar-refractivity contribution >= 4 is 11.0 Å². The van der Waals surface area contributed by atoms with E-state index in [9.17, 15) is 4.79 Å². The smallest absolute Gasteiger partial charge is 0.276 e. The minimum atomic E-state index is -0.0983. The Kier molecular flexibility index (Phi) is 6.01. The second-order valence-electron chi connectivity index (χ2n) is 6.87. The van der Waals surface area contributed by atoms with Crippen LogP contribution in [0.25, 0.3) is 11.0 Å². The van der Waals surface area contributed by atoms with Gasteiger partial charge in [-0.05, 0) is 58.2 Å². The third-order valence-corrected chi connectivity index (χ3v) is 4.90. The lowest BCUT2D eigenvalue weighted by Crippen LogP contribution is -2.20. The summed E-state index contributed by atoms with van der Waals surface area (Å²) in [7, 11) is 0. The molecule has 1 saturated heterocycles. The van der Waals surface area contributed by atoms with Crippen molar-refractivity contribution in [3.8, 4) is 0 Å². The van der Waals surface area contributed by atoms with Gasteiger partial charge < -0.3 is 9.88 Å². The van der Waals surface area contributed by atoms with Crippen molar-refractivity contribution in [1.29, 1.82) is 0 Å². The quantitative estimate of drug-likeness (QED) is 0.693. The Morgan fingerprint density at radius 2 is 1.92 bits per heavy atom. The molecule has 2 N–H and O–H groups in total. The molecular weight excluding hydrogens is 302 g/mol. The van der Waals surface area contributed by atoms with E-state index in [0.29, 0.717) is 5.52 Å². The van der Waals surface area contributed by atoms with E-state index < -0.39 is 0 Å². The van der Waals surface area contributed by atoms with E-state index in [1.165, 1.54) is 45.3 Å². The number of H-pyrrole nitrogens is 2. The molecule has 0 aliphatic carbocycles. The number of hydrogen-bond acceptors (Lipinski definition) is 4. The van der Waals surface area contributed by atoms with Gasteiger partial charge in [0.05, 0.1) is 5.69 Å². The minimum absolute atomic E-state index is 0.0983. The van der Waals surface area contributed by atoms with Crippen LogP contribution >= 0.6 is 0 Å². The first-order valence-corrected chi connectivity index (χ1v) is 9.46. The molecule has 1 aliphatic heterocycles. The number of aryl methyl sites for hydroxylation is 2. The Morgan fingerprint density at radius 3 is 2.71 bits per heavy atom. The van der Waals surface area contributed by atoms with Crippen LogP contribution in [0.3, 0.4) is 0 Å². The summed E-state index contributed by atoms with van der Waals surface area (Å²) >= 11 is 0. The first-order chi connectivity index (χ1) is 11.8. The van der Waals surface area contributed by atoms with Crippen LogP contribution in [0.15, 0.2) is 4.79 Å². The van der Waals surface area contributed by atoms with Gasteiger partial charge in [-0.15, -0.1) is 0 Å². The first-order valence-electron chi connectivity index (χ1n) is 9.46. The lowest BCUT2D eigenvalue weighted by molar-refractivity contribution is 0.328. The number of aromatic nitrogens is 4. The zero-order valence-electron chi connectivity index (χ0n) is 14.7. The first kappa shape index (κ1) is 17.1. The number of unbranched alkanes of at least 4 members (excludes halogenated alkanes) is 3. The van der Waals surface area contributed by atoms with Crippen molar-refractivity contribution in [3.63, 3.8) is 0 Å². The third kappa shape index (κ3) is 4.23. The lowest BCUT2D eigenvalue weighted by Gasteiger charge is -2.13. The largest absolute Gasteiger partial charge is 0.309 e. The lowest BCUT2D eigenvalue weighted by atomic mass is 10.1. The number of likely N-dealkylation sites (tertiary alicyclic amines) is 1. The molecule has 0 aromatic carbocycles. The molecule has 0 saturated carbocycles. The molecule has 0 radical (unpaired) electrons. The standard InChI is InChI=1S/C18H29N5O/c1-2-3-10-15-19-16-14(21-22-17(16)18(24)20-15)9-5-4-6-11-23-12-7-8-13-23/h2-13H2,1H3,(H,21,22)(H,19,20,24). The van der Waals surface area contributed by atoms with Gasteiger partial charge in [0.1, 0.15) is 16.9 Å². The summed E-state index contributed by atoms with van der Waals surface area (Å²) in [6, 6.07) is 0. The van der Waals surface area contributed by atoms with E-state index in [1.54, 1.807) is 0 Å². The molecule has 6 nitrogen and oxygen atoms in total. The molecule has 2 aromatic rings. The second kappa shape index (κ2) is 8.42. The Morgan fingerprint density at radius 1 is 1.08 bits per heavy atom. The number of fused-ring (bicyclic) bond motifs is 1. The van der Waals surface area contributed by atoms with Crippen LogP contribution in [-0.2, 0) is 12.8 Å². The average molecular weight is 331 g/mol. The highest BCUT2D eigenvalue weighted by atomic mass is 16.1. The van der Waals surface area contributed by atoms with Crippen molar-refractivity contribution in [3.05, 3.63) is 21.9 Å². The Labute approximate surface area is 143 Å². The average Bonchev–Trinajstić information content (AvgIpc) is 3.23. The maximum absolute atomic E-state index is 12.1. The summed E-state index contributed by atoms with van der Waals surface area (Å²) in [6.07, 6.45) is 10.1. The Hall–Kier alpha value is -1.69. The number of nitrogens with zero attached hydrogens (tertiary/aromatic N) is 3. The van der Waals surface area contributed by atoms with Crippen molar-refractivity contribution in [2.45, 2.75) is 64.7 Å². The maximum atomic E-state index is 12.1. The van der Waals surface area contributed by atoms with Gasteiger partial charge >= 0.3 is 0 Å². The van der Waals surface area contributed by atoms with Gasteiger partial charge in [0.25, 0.3) is 5.56 Å². The molecule has 3 rings (SSSR count). The van der Waals surface area contributed by atoms with E-state index in [-0.39, 0.29) is 5.56 Å². The van der Waals surface area contributed by atoms with Crippen molar-refractivity contribution in [2.24, 2.45) is 0 Å². The van der Waals surface area contributed by atoms with Gasteiger partial charge in [0, 0.05) is 6.42 Å². The molecule has 1 fully saturated rings. The van der Waals surface area contributed by atoms with E-state index in [4.69, 9.17) is 0 Å². The van der Waals surface area contributed by atoms with Gasteiger partial charge in [-0.2, -0.15) is 5.10 Å². The second-order valence-corrected chi connectivity index (χ2v) is 6.87. The highest BCUT2D eigenvalue weighted by Crippen LogP contribution is 2.15. The van der Waals surface area contributed by atoms with Gasteiger partial charge in [-0.3, -0.25) is 9.89 Å². The summed E-state index contributed by atoms with van der Waals surface area (Å²) < 4.78 is 0. The van der Waals surface area contributed by atoms with Crippen LogP contribution in [0.4, 0.5) is 0 Å². The van der Waals surface area contributed by atoms with Gasteiger partial charge in [-0.1, -0.05) is 19.8 Å². The number of rotatable bonds is 9. The van der Waals surface area contributed by atoms with E-state index in [0.717, 1.165) is 49.1 Å². The Balaban J connectivity index is 1.55. The van der Waals surface area contributed by atoms with Crippen LogP contribution < -0.4 is 5.56 Å². The van der Waals surface area contributed by atoms with Crippen LogP contribution in [-0.4, -0.2) is 44.7 Å². The molecule has 0 bridgehead atoms. The zero-order chi connectivity index (χ0) is 16.8. The predicted octanol–water partition coefficient (Wildman–Crippen LogP) is 2.80. The number of aromatic amines is 2. The van der Waals surface area contributed by atoms with Crippen molar-refractivity contribution < 1.29 is 0 Å². The summed E-state index contributed by atoms with van der Waals surface area (Å²) in [5, 5.41) is 7.20. The van der Waals surface area contributed by atoms with Gasteiger partial charge in [-0.25, -0.2) is 4.98 Å². The minimum Gasteiger partial charge on any atom is -0.309 e. The molecule has 132 valence electrons. The van der Waals surface area contributed by atoms with Crippen molar-refractivity contribution in [2.75, 3.05) is 19.6 Å². The van der Waals surface area contributed by atoms with Crippen LogP contribution in [0.2, 0.25) is 0 Å². The number of nitrogens with one attached hydrogen (secondary N) is 2. The van der Waals surface area contributed by atoms with E-state index in [1.807, 2.05) is 0 Å². The van der Waals surface area contributed by atoms with Gasteiger partial charge in [0.2, 0.25) is 0 Å². The van der Waals surface area contributed by atoms with Crippen LogP contribution in [0, 0.1) is 0 Å². The fourth-order valence-electron chi connectivity index (χ4n) is 3.46. The summed E-state index contributed by atoms with van der Waals surface area (Å²) in [4.78, 5) is 22.2. The fourth-order valence-corrected chi connectivity index (χ4v) is 3.46. The zero-order valence-corrected chi connectivity index (χ0v) is 14.7. The molecule has 0 spiro atoms. The summed E-state index contributed by atoms with van der Waals surface area (Å²) in [6.45, 7) is 5.91. The summed E-state index contributed by atoms with van der Waals surface area (Å²) in [5.74, 6) is 0.783. The highest BCUT2D eigenvalue weighted by molar-refractivity contribution is 5.75. The van der Waals surface area contributed by atoms with Crippen LogP contribution in [0.5, 0.6) is 0 Å². The molecule has 2 aromatic heterocycles. The highest BCUT2D eigenvalue weighted by Gasteiger charge is 2.13. The third-order valence-electron chi connectivity index (χ3n) is 4.90. The van der Waals surface area contributed by atoms with E-state index >= 15 is 0 Å². The molecule has 6 heteroatoms. The molecule has 3 heterocycles. The van der Waals surface area contributed by atoms with E-state index in [2.05, 4.69) is 32.0 Å². The summed E-state index contributed by atoms with van der Waals surface area (Å²) in [5.41, 5.74) is 2.13. The molecule has 1 aliphatic rings. The SMILES string of the molecule is CCCCc1nc2c(CCCCCN3CCCC3)n[nH]c2c(=O)[nH]1. The molecule has 0 atom stereocenters. The fraction of sp³-hybridized carbons (Fsp3) is 0.722.